The Hall–Kier alpha value is -2.92. The lowest BCUT2D eigenvalue weighted by molar-refractivity contribution is -0.133. The number of carbonyl (C=O) groups is 2. The number of rotatable bonds is 8. The maximum atomic E-state index is 13.3. The molecule has 5 heteroatoms. The summed E-state index contributed by atoms with van der Waals surface area (Å²) in [5.74, 6) is -0.171. The Morgan fingerprint density at radius 3 is 2.20 bits per heavy atom. The molecule has 0 atom stereocenters. The Bertz CT molecular complexity index is 951. The number of nitrogens with zero attached hydrogens (tertiary/aromatic N) is 2. The van der Waals surface area contributed by atoms with E-state index in [1.165, 1.54) is 0 Å². The van der Waals surface area contributed by atoms with Crippen LogP contribution in [-0.4, -0.2) is 34.2 Å². The largest absolute Gasteiger partial charge is 0.332 e. The Morgan fingerprint density at radius 1 is 0.900 bits per heavy atom. The maximum absolute atomic E-state index is 13.3. The molecule has 1 heterocycles. The fraction of sp³-hybridized carbons (Fsp3) is 0.280. The highest BCUT2D eigenvalue weighted by Crippen LogP contribution is 2.17. The van der Waals surface area contributed by atoms with Gasteiger partial charge in [-0.15, -0.1) is 11.3 Å². The van der Waals surface area contributed by atoms with E-state index in [4.69, 9.17) is 0 Å². The van der Waals surface area contributed by atoms with Crippen molar-refractivity contribution < 1.29 is 9.59 Å². The van der Waals surface area contributed by atoms with Crippen LogP contribution in [0.3, 0.4) is 0 Å². The van der Waals surface area contributed by atoms with Crippen LogP contribution in [0.5, 0.6) is 0 Å². The molecule has 4 nitrogen and oxygen atoms in total. The van der Waals surface area contributed by atoms with Crippen LogP contribution in [0, 0.1) is 6.92 Å². The third-order valence-corrected chi connectivity index (χ3v) is 5.85. The second-order valence-corrected chi connectivity index (χ2v) is 8.74. The first-order valence-electron chi connectivity index (χ1n) is 10.2. The molecule has 2 aromatic carbocycles. The minimum Gasteiger partial charge on any atom is -0.332 e. The van der Waals surface area contributed by atoms with Gasteiger partial charge in [-0.1, -0.05) is 54.1 Å². The van der Waals surface area contributed by atoms with Crippen molar-refractivity contribution in [1.29, 1.82) is 0 Å². The van der Waals surface area contributed by atoms with Gasteiger partial charge in [-0.2, -0.15) is 0 Å². The molecule has 1 aromatic heterocycles. The maximum Gasteiger partial charge on any atom is 0.254 e. The van der Waals surface area contributed by atoms with Gasteiger partial charge in [0.2, 0.25) is 5.91 Å². The summed E-state index contributed by atoms with van der Waals surface area (Å²) < 4.78 is 0. The molecule has 0 aliphatic rings. The Balaban J connectivity index is 1.78. The van der Waals surface area contributed by atoms with Gasteiger partial charge in [0.1, 0.15) is 6.54 Å². The average Bonchev–Trinajstić information content (AvgIpc) is 3.25. The number of carbonyl (C=O) groups excluding carboxylic acids is 2. The van der Waals surface area contributed by atoms with Crippen LogP contribution in [-0.2, 0) is 17.9 Å². The second-order valence-electron chi connectivity index (χ2n) is 7.71. The van der Waals surface area contributed by atoms with Crippen molar-refractivity contribution in [2.45, 2.75) is 39.9 Å². The van der Waals surface area contributed by atoms with Crippen molar-refractivity contribution in [1.82, 2.24) is 9.80 Å². The summed E-state index contributed by atoms with van der Waals surface area (Å²) in [6.07, 6.45) is 0. The standard InChI is InChI=1S/C25H28N2O2S/c1-19(2)27(25(29)22-13-11-20(3)12-14-22)18-24(28)26(17-23-10-7-15-30-23)16-21-8-5-4-6-9-21/h4-15,19H,16-18H2,1-3H3. The number of thiophene rings is 1. The number of benzene rings is 2. The molecule has 0 N–H and O–H groups in total. The molecule has 0 radical (unpaired) electrons. The molecular formula is C25H28N2O2S. The summed E-state index contributed by atoms with van der Waals surface area (Å²) in [6.45, 7) is 6.99. The van der Waals surface area contributed by atoms with E-state index in [9.17, 15) is 9.59 Å². The lowest BCUT2D eigenvalue weighted by Gasteiger charge is -2.30. The highest BCUT2D eigenvalue weighted by Gasteiger charge is 2.25. The first-order valence-corrected chi connectivity index (χ1v) is 11.0. The summed E-state index contributed by atoms with van der Waals surface area (Å²) in [5, 5.41) is 2.02. The average molecular weight is 421 g/mol. The molecule has 0 saturated heterocycles. The van der Waals surface area contributed by atoms with Crippen LogP contribution < -0.4 is 0 Å². The molecule has 0 bridgehead atoms. The van der Waals surface area contributed by atoms with E-state index in [-0.39, 0.29) is 24.4 Å². The minimum absolute atomic E-state index is 0.0542. The Morgan fingerprint density at radius 2 is 1.60 bits per heavy atom. The Labute approximate surface area is 182 Å². The van der Waals surface area contributed by atoms with Gasteiger partial charge in [0.15, 0.2) is 0 Å². The number of aryl methyl sites for hydroxylation is 1. The van der Waals surface area contributed by atoms with Crippen molar-refractivity contribution >= 4 is 23.2 Å². The lowest BCUT2D eigenvalue weighted by atomic mass is 10.1. The van der Waals surface area contributed by atoms with Crippen molar-refractivity contribution in [3.05, 3.63) is 93.7 Å². The molecule has 3 rings (SSSR count). The zero-order valence-electron chi connectivity index (χ0n) is 17.7. The van der Waals surface area contributed by atoms with Crippen molar-refractivity contribution in [3.8, 4) is 0 Å². The predicted molar refractivity (Wildman–Crippen MR) is 122 cm³/mol. The fourth-order valence-corrected chi connectivity index (χ4v) is 3.94. The summed E-state index contributed by atoms with van der Waals surface area (Å²) in [6, 6.07) is 21.4. The van der Waals surface area contributed by atoms with Crippen molar-refractivity contribution in [2.75, 3.05) is 6.54 Å². The number of hydrogen-bond acceptors (Lipinski definition) is 3. The van der Waals surface area contributed by atoms with E-state index < -0.39 is 0 Å². The third kappa shape index (κ3) is 5.80. The lowest BCUT2D eigenvalue weighted by Crippen LogP contribution is -2.45. The van der Waals surface area contributed by atoms with Crippen LogP contribution in [0.1, 0.15) is 40.2 Å². The van der Waals surface area contributed by atoms with Gasteiger partial charge >= 0.3 is 0 Å². The highest BCUT2D eigenvalue weighted by molar-refractivity contribution is 7.09. The molecule has 156 valence electrons. The summed E-state index contributed by atoms with van der Waals surface area (Å²) in [7, 11) is 0. The smallest absolute Gasteiger partial charge is 0.254 e. The third-order valence-electron chi connectivity index (χ3n) is 4.98. The summed E-state index contributed by atoms with van der Waals surface area (Å²) in [4.78, 5) is 31.0. The molecule has 0 saturated carbocycles. The van der Waals surface area contributed by atoms with Gasteiger partial charge < -0.3 is 9.80 Å². The topological polar surface area (TPSA) is 40.6 Å². The summed E-state index contributed by atoms with van der Waals surface area (Å²) >= 11 is 1.63. The molecule has 0 unspecified atom stereocenters. The molecule has 0 fully saturated rings. The Kier molecular flexibility index (Phi) is 7.41. The van der Waals surface area contributed by atoms with Gasteiger partial charge in [-0.25, -0.2) is 0 Å². The zero-order chi connectivity index (χ0) is 21.5. The second kappa shape index (κ2) is 10.2. The molecule has 0 aliphatic heterocycles. The first-order chi connectivity index (χ1) is 14.4. The van der Waals surface area contributed by atoms with Gasteiger partial charge in [0.05, 0.1) is 6.54 Å². The van der Waals surface area contributed by atoms with Gasteiger partial charge in [0.25, 0.3) is 5.91 Å². The first kappa shape index (κ1) is 21.8. The van der Waals surface area contributed by atoms with E-state index in [1.807, 2.05) is 97.8 Å². The molecule has 2 amide bonds. The van der Waals surface area contributed by atoms with Crippen LogP contribution in [0.4, 0.5) is 0 Å². The minimum atomic E-state index is -0.117. The van der Waals surface area contributed by atoms with E-state index in [0.29, 0.717) is 18.7 Å². The van der Waals surface area contributed by atoms with E-state index in [1.54, 1.807) is 16.2 Å². The zero-order valence-corrected chi connectivity index (χ0v) is 18.6. The van der Waals surface area contributed by atoms with E-state index >= 15 is 0 Å². The summed E-state index contributed by atoms with van der Waals surface area (Å²) in [5.41, 5.74) is 2.78. The van der Waals surface area contributed by atoms with Crippen LogP contribution in [0.15, 0.2) is 72.1 Å². The molecular weight excluding hydrogens is 392 g/mol. The number of hydrogen-bond donors (Lipinski definition) is 0. The number of amides is 2. The molecule has 30 heavy (non-hydrogen) atoms. The van der Waals surface area contributed by atoms with Crippen LogP contribution in [0.2, 0.25) is 0 Å². The van der Waals surface area contributed by atoms with Gasteiger partial charge in [0, 0.05) is 23.0 Å². The highest BCUT2D eigenvalue weighted by atomic mass is 32.1. The van der Waals surface area contributed by atoms with E-state index in [2.05, 4.69) is 0 Å². The SMILES string of the molecule is Cc1ccc(C(=O)N(CC(=O)N(Cc2ccccc2)Cc2cccs2)C(C)C)cc1. The van der Waals surface area contributed by atoms with Gasteiger partial charge in [-0.05, 0) is 49.9 Å². The van der Waals surface area contributed by atoms with Crippen molar-refractivity contribution in [2.24, 2.45) is 0 Å². The quantitative estimate of drug-likeness (QED) is 0.506. The van der Waals surface area contributed by atoms with Gasteiger partial charge in [-0.3, -0.25) is 9.59 Å². The fourth-order valence-electron chi connectivity index (χ4n) is 3.22. The van der Waals surface area contributed by atoms with E-state index in [0.717, 1.165) is 16.0 Å². The van der Waals surface area contributed by atoms with Crippen LogP contribution in [0.25, 0.3) is 0 Å². The normalized spacial score (nSPS) is 10.8. The molecule has 0 aliphatic carbocycles. The molecule has 0 spiro atoms. The predicted octanol–water partition coefficient (Wildman–Crippen LogP) is 5.14. The molecule has 3 aromatic rings. The monoisotopic (exact) mass is 420 g/mol. The van der Waals surface area contributed by atoms with Crippen LogP contribution >= 0.6 is 11.3 Å². The van der Waals surface area contributed by atoms with Crippen molar-refractivity contribution in [3.63, 3.8) is 0 Å².